The van der Waals surface area contributed by atoms with Crippen molar-refractivity contribution in [1.82, 2.24) is 5.32 Å². The molecule has 1 rings (SSSR count). The molecule has 20 heavy (non-hydrogen) atoms. The van der Waals surface area contributed by atoms with Crippen LogP contribution in [0.15, 0.2) is 16.6 Å². The van der Waals surface area contributed by atoms with E-state index >= 15 is 0 Å². The predicted molar refractivity (Wildman–Crippen MR) is 84.1 cm³/mol. The van der Waals surface area contributed by atoms with Gasteiger partial charge in [-0.25, -0.2) is 0 Å². The Kier molecular flexibility index (Phi) is 7.34. The fourth-order valence-electron chi connectivity index (χ4n) is 2.24. The molecule has 1 unspecified atom stereocenters. The first-order chi connectivity index (χ1) is 9.53. The van der Waals surface area contributed by atoms with Crippen LogP contribution in [0.4, 0.5) is 0 Å². The Balaban J connectivity index is 2.58. The molecule has 0 radical (unpaired) electrons. The maximum atomic E-state index is 10.1. The molecule has 114 valence electrons. The lowest BCUT2D eigenvalue weighted by Crippen LogP contribution is -2.32. The molecule has 0 heterocycles. The summed E-state index contributed by atoms with van der Waals surface area (Å²) in [5.41, 5.74) is 0.983. The number of methoxy groups -OCH3 is 1. The van der Waals surface area contributed by atoms with Gasteiger partial charge in [-0.05, 0) is 23.6 Å². The second-order valence-electron chi connectivity index (χ2n) is 4.89. The van der Waals surface area contributed by atoms with Gasteiger partial charge in [-0.1, -0.05) is 42.6 Å². The number of halogens is 1. The Hall–Kier alpha value is -0.780. The molecule has 5 heteroatoms. The van der Waals surface area contributed by atoms with Gasteiger partial charge in [0.2, 0.25) is 0 Å². The Bertz CT molecular complexity index is 422. The van der Waals surface area contributed by atoms with E-state index in [-0.39, 0.29) is 11.9 Å². The van der Waals surface area contributed by atoms with Crippen molar-refractivity contribution < 1.29 is 14.9 Å². The SMILES string of the molecule is CCC(CC)C(O)CNCc1cc(OC)c(O)cc1Br. The van der Waals surface area contributed by atoms with E-state index < -0.39 is 0 Å². The number of aliphatic hydroxyl groups is 1. The minimum Gasteiger partial charge on any atom is -0.504 e. The minimum atomic E-state index is -0.331. The van der Waals surface area contributed by atoms with Crippen molar-refractivity contribution in [2.24, 2.45) is 5.92 Å². The molecule has 1 aromatic carbocycles. The first-order valence-electron chi connectivity index (χ1n) is 6.97. The van der Waals surface area contributed by atoms with Gasteiger partial charge in [-0.3, -0.25) is 0 Å². The van der Waals surface area contributed by atoms with Gasteiger partial charge in [0.1, 0.15) is 0 Å². The van der Waals surface area contributed by atoms with Crippen LogP contribution >= 0.6 is 15.9 Å². The van der Waals surface area contributed by atoms with Crippen LogP contribution in [-0.4, -0.2) is 30.0 Å². The molecule has 0 aliphatic rings. The average molecular weight is 346 g/mol. The fourth-order valence-corrected chi connectivity index (χ4v) is 2.71. The van der Waals surface area contributed by atoms with Crippen LogP contribution in [0.3, 0.4) is 0 Å². The van der Waals surface area contributed by atoms with Gasteiger partial charge in [-0.2, -0.15) is 0 Å². The Morgan fingerprint density at radius 3 is 2.50 bits per heavy atom. The molecule has 0 saturated heterocycles. The first kappa shape index (κ1) is 17.3. The molecular formula is C15H24BrNO3. The second kappa shape index (κ2) is 8.49. The van der Waals surface area contributed by atoms with Crippen LogP contribution in [0.1, 0.15) is 32.3 Å². The molecule has 0 saturated carbocycles. The lowest BCUT2D eigenvalue weighted by molar-refractivity contribution is 0.101. The summed E-state index contributed by atoms with van der Waals surface area (Å²) < 4.78 is 5.91. The number of benzene rings is 1. The van der Waals surface area contributed by atoms with Crippen LogP contribution in [0.25, 0.3) is 0 Å². The lowest BCUT2D eigenvalue weighted by Gasteiger charge is -2.20. The summed E-state index contributed by atoms with van der Waals surface area (Å²) in [6.07, 6.45) is 1.63. The van der Waals surface area contributed by atoms with E-state index in [0.717, 1.165) is 22.9 Å². The molecule has 0 amide bonds. The quantitative estimate of drug-likeness (QED) is 0.677. The van der Waals surface area contributed by atoms with Gasteiger partial charge in [0.15, 0.2) is 11.5 Å². The number of rotatable bonds is 8. The van der Waals surface area contributed by atoms with Crippen LogP contribution in [0, 0.1) is 5.92 Å². The number of nitrogens with one attached hydrogen (secondary N) is 1. The monoisotopic (exact) mass is 345 g/mol. The molecule has 0 bridgehead atoms. The minimum absolute atomic E-state index is 0.111. The topological polar surface area (TPSA) is 61.7 Å². The summed E-state index contributed by atoms with van der Waals surface area (Å²) in [6, 6.07) is 3.41. The van der Waals surface area contributed by atoms with Gasteiger partial charge in [0.05, 0.1) is 13.2 Å². The molecule has 0 aromatic heterocycles. The summed E-state index contributed by atoms with van der Waals surface area (Å²) in [4.78, 5) is 0. The fraction of sp³-hybridized carbons (Fsp3) is 0.600. The molecule has 4 nitrogen and oxygen atoms in total. The summed E-state index contributed by atoms with van der Waals surface area (Å²) >= 11 is 3.42. The molecule has 1 atom stereocenters. The molecule has 0 spiro atoms. The van der Waals surface area contributed by atoms with E-state index in [1.54, 1.807) is 12.1 Å². The van der Waals surface area contributed by atoms with Crippen molar-refractivity contribution in [3.8, 4) is 11.5 Å². The zero-order chi connectivity index (χ0) is 15.1. The van der Waals surface area contributed by atoms with Crippen molar-refractivity contribution >= 4 is 15.9 Å². The van der Waals surface area contributed by atoms with E-state index in [9.17, 15) is 10.2 Å². The third-order valence-corrected chi connectivity index (χ3v) is 4.35. The van der Waals surface area contributed by atoms with Gasteiger partial charge in [-0.15, -0.1) is 0 Å². The standard InChI is InChI=1S/C15H24BrNO3/c1-4-10(5-2)14(19)9-17-8-11-6-15(20-3)13(18)7-12(11)16/h6-7,10,14,17-19H,4-5,8-9H2,1-3H3. The van der Waals surface area contributed by atoms with Crippen LogP contribution in [0.2, 0.25) is 0 Å². The average Bonchev–Trinajstić information content (AvgIpc) is 2.42. The van der Waals surface area contributed by atoms with Crippen molar-refractivity contribution in [1.29, 1.82) is 0 Å². The zero-order valence-electron chi connectivity index (χ0n) is 12.3. The molecule has 0 aliphatic carbocycles. The third-order valence-electron chi connectivity index (χ3n) is 3.61. The Morgan fingerprint density at radius 2 is 1.95 bits per heavy atom. The van der Waals surface area contributed by atoms with E-state index in [1.807, 2.05) is 0 Å². The highest BCUT2D eigenvalue weighted by Gasteiger charge is 2.15. The maximum Gasteiger partial charge on any atom is 0.160 e. The van der Waals surface area contributed by atoms with Gasteiger partial charge in [0, 0.05) is 17.6 Å². The smallest absolute Gasteiger partial charge is 0.160 e. The number of phenols is 1. The highest BCUT2D eigenvalue weighted by Crippen LogP contribution is 2.32. The molecule has 3 N–H and O–H groups in total. The van der Waals surface area contributed by atoms with Crippen molar-refractivity contribution in [3.63, 3.8) is 0 Å². The van der Waals surface area contributed by atoms with Gasteiger partial charge < -0.3 is 20.3 Å². The Morgan fingerprint density at radius 1 is 1.30 bits per heavy atom. The van der Waals surface area contributed by atoms with E-state index in [2.05, 4.69) is 35.1 Å². The highest BCUT2D eigenvalue weighted by molar-refractivity contribution is 9.10. The summed E-state index contributed by atoms with van der Waals surface area (Å²) in [5, 5.41) is 23.0. The van der Waals surface area contributed by atoms with Crippen molar-refractivity contribution in [2.75, 3.05) is 13.7 Å². The number of aliphatic hydroxyl groups excluding tert-OH is 1. The number of ether oxygens (including phenoxy) is 1. The van der Waals surface area contributed by atoms with Crippen molar-refractivity contribution in [2.45, 2.75) is 39.3 Å². The van der Waals surface area contributed by atoms with E-state index in [0.29, 0.717) is 24.8 Å². The normalized spacial score (nSPS) is 12.7. The highest BCUT2D eigenvalue weighted by atomic mass is 79.9. The molecule has 0 fully saturated rings. The van der Waals surface area contributed by atoms with E-state index in [1.165, 1.54) is 7.11 Å². The molecule has 0 aliphatic heterocycles. The second-order valence-corrected chi connectivity index (χ2v) is 5.74. The van der Waals surface area contributed by atoms with E-state index in [4.69, 9.17) is 4.74 Å². The van der Waals surface area contributed by atoms with Crippen LogP contribution < -0.4 is 10.1 Å². The summed E-state index contributed by atoms with van der Waals surface area (Å²) in [5.74, 6) is 0.894. The predicted octanol–water partition coefficient (Wildman–Crippen LogP) is 3.05. The largest absolute Gasteiger partial charge is 0.504 e. The number of phenolic OH excluding ortho intramolecular Hbond substituents is 1. The number of hydrogen-bond acceptors (Lipinski definition) is 4. The third kappa shape index (κ3) is 4.65. The first-order valence-corrected chi connectivity index (χ1v) is 7.76. The Labute approximate surface area is 129 Å². The summed E-state index contributed by atoms with van der Waals surface area (Å²) in [6.45, 7) is 5.36. The van der Waals surface area contributed by atoms with Crippen LogP contribution in [-0.2, 0) is 6.54 Å². The lowest BCUT2D eigenvalue weighted by atomic mass is 9.96. The molecular weight excluding hydrogens is 322 g/mol. The molecule has 1 aromatic rings. The van der Waals surface area contributed by atoms with Crippen LogP contribution in [0.5, 0.6) is 11.5 Å². The van der Waals surface area contributed by atoms with Gasteiger partial charge in [0.25, 0.3) is 0 Å². The maximum absolute atomic E-state index is 10.1. The van der Waals surface area contributed by atoms with Crippen molar-refractivity contribution in [3.05, 3.63) is 22.2 Å². The number of hydrogen-bond donors (Lipinski definition) is 3. The van der Waals surface area contributed by atoms with Gasteiger partial charge >= 0.3 is 0 Å². The number of aromatic hydroxyl groups is 1. The summed E-state index contributed by atoms with van der Waals surface area (Å²) in [7, 11) is 1.52. The zero-order valence-corrected chi connectivity index (χ0v) is 13.9.